The second-order valence-electron chi connectivity index (χ2n) is 11.2. The Morgan fingerprint density at radius 2 is 1.49 bits per heavy atom. The third kappa shape index (κ3) is 9.67. The van der Waals surface area contributed by atoms with Crippen LogP contribution in [0.25, 0.3) is 0 Å². The number of hydrogen-bond donors (Lipinski definition) is 1. The fourth-order valence-electron chi connectivity index (χ4n) is 5.68. The van der Waals surface area contributed by atoms with Crippen molar-refractivity contribution in [2.75, 3.05) is 28.2 Å². The van der Waals surface area contributed by atoms with Crippen LogP contribution in [0.3, 0.4) is 0 Å². The number of hydrogen-bond acceptors (Lipinski definition) is 6. The van der Waals surface area contributed by atoms with Gasteiger partial charge in [0.25, 0.3) is 5.95 Å². The summed E-state index contributed by atoms with van der Waals surface area (Å²) in [5.41, 5.74) is -2.71. The number of nitrogens with zero attached hydrogens (tertiary/aromatic N) is 4. The lowest BCUT2D eigenvalue weighted by Gasteiger charge is -2.31. The maximum atomic E-state index is 13.6. The molecule has 0 amide bonds. The molecule has 15 heteroatoms. The molecule has 0 saturated heterocycles. The van der Waals surface area contributed by atoms with Gasteiger partial charge in [-0.1, -0.05) is 32.1 Å². The van der Waals surface area contributed by atoms with Gasteiger partial charge in [0.1, 0.15) is 0 Å². The molecule has 1 N–H and O–H groups in total. The fourth-order valence-corrected chi connectivity index (χ4v) is 5.68. The molecule has 0 bridgehead atoms. The van der Waals surface area contributed by atoms with Crippen molar-refractivity contribution in [2.45, 2.75) is 84.1 Å². The highest BCUT2D eigenvalue weighted by molar-refractivity contribution is 5.62. The molecule has 1 aliphatic carbocycles. The average Bonchev–Trinajstić information content (AvgIpc) is 3.38. The lowest BCUT2D eigenvalue weighted by Crippen LogP contribution is -2.30. The van der Waals surface area contributed by atoms with E-state index in [0.29, 0.717) is 42.4 Å². The first-order valence-electron chi connectivity index (χ1n) is 14.6. The largest absolute Gasteiger partial charge is 0.482 e. The molecule has 0 atom stereocenters. The number of aromatic nitrogens is 2. The Labute approximate surface area is 254 Å². The molecule has 45 heavy (non-hydrogen) atoms. The molecule has 2 aromatic carbocycles. The maximum absolute atomic E-state index is 13.6. The first-order chi connectivity index (χ1) is 21.0. The van der Waals surface area contributed by atoms with Gasteiger partial charge in [0.05, 0.1) is 11.1 Å². The first-order valence-corrected chi connectivity index (χ1v) is 14.6. The molecule has 1 fully saturated rings. The van der Waals surface area contributed by atoms with Crippen LogP contribution in [0.5, 0.6) is 0 Å². The van der Waals surface area contributed by atoms with Crippen molar-refractivity contribution in [3.63, 3.8) is 0 Å². The Morgan fingerprint density at radius 1 is 0.844 bits per heavy atom. The molecule has 0 aliphatic heterocycles. The fraction of sp³-hybridized carbons (Fsp3) is 0.533. The number of alkyl halides is 9. The number of anilines is 3. The van der Waals surface area contributed by atoms with Crippen molar-refractivity contribution in [2.24, 2.45) is 5.92 Å². The molecule has 0 radical (unpaired) electrons. The smallest absolute Gasteiger partial charge is 0.372 e. The lowest BCUT2D eigenvalue weighted by molar-refractivity contribution is -0.143. The van der Waals surface area contributed by atoms with Crippen molar-refractivity contribution in [1.29, 1.82) is 0 Å². The van der Waals surface area contributed by atoms with E-state index in [1.165, 1.54) is 41.8 Å². The zero-order chi connectivity index (χ0) is 33.0. The summed E-state index contributed by atoms with van der Waals surface area (Å²) in [6.45, 7) is 3.69. The van der Waals surface area contributed by atoms with Crippen molar-refractivity contribution in [1.82, 2.24) is 10.1 Å². The van der Waals surface area contributed by atoms with E-state index in [0.717, 1.165) is 32.1 Å². The molecule has 4 rings (SSSR count). The molecule has 0 spiro atoms. The van der Waals surface area contributed by atoms with Crippen LogP contribution >= 0.6 is 0 Å². The van der Waals surface area contributed by atoms with Crippen molar-refractivity contribution < 1.29 is 44.0 Å². The van der Waals surface area contributed by atoms with E-state index in [4.69, 9.17) is 4.52 Å². The Bertz CT molecular complexity index is 1380. The van der Waals surface area contributed by atoms with Gasteiger partial charge in [-0.2, -0.15) is 44.5 Å². The summed E-state index contributed by atoms with van der Waals surface area (Å²) in [5, 5.41) is 5.28. The zero-order valence-corrected chi connectivity index (χ0v) is 24.7. The highest BCUT2D eigenvalue weighted by Crippen LogP contribution is 2.37. The highest BCUT2D eigenvalue weighted by atomic mass is 19.4. The summed E-state index contributed by atoms with van der Waals surface area (Å²) < 4.78 is 126. The van der Waals surface area contributed by atoms with Crippen LogP contribution in [0.1, 0.15) is 73.6 Å². The highest BCUT2D eigenvalue weighted by Gasteiger charge is 2.37. The molecular weight excluding hydrogens is 617 g/mol. The first kappa shape index (κ1) is 34.2. The Kier molecular flexibility index (Phi) is 10.5. The third-order valence-corrected chi connectivity index (χ3v) is 7.80. The van der Waals surface area contributed by atoms with E-state index < -0.39 is 36.3 Å². The van der Waals surface area contributed by atoms with Crippen LogP contribution < -0.4 is 15.1 Å². The van der Waals surface area contributed by atoms with Gasteiger partial charge in [0.2, 0.25) is 5.89 Å². The summed E-state index contributed by atoms with van der Waals surface area (Å²) in [6, 6.07) is 5.29. The third-order valence-electron chi connectivity index (χ3n) is 7.80. The summed E-state index contributed by atoms with van der Waals surface area (Å²) in [5.74, 6) is 0.444. The van der Waals surface area contributed by atoms with Gasteiger partial charge in [0, 0.05) is 44.5 Å². The second-order valence-corrected chi connectivity index (χ2v) is 11.2. The van der Waals surface area contributed by atoms with Crippen molar-refractivity contribution >= 4 is 17.3 Å². The Hall–Kier alpha value is -3.65. The van der Waals surface area contributed by atoms with E-state index in [-0.39, 0.29) is 35.7 Å². The summed E-state index contributed by atoms with van der Waals surface area (Å²) in [6.07, 6.45) is -8.33. The number of nitrogens with one attached hydrogen (secondary N) is 1. The molecule has 0 unspecified atom stereocenters. The number of rotatable bonds is 11. The van der Waals surface area contributed by atoms with Crippen molar-refractivity contribution in [3.05, 3.63) is 64.5 Å². The van der Waals surface area contributed by atoms with Gasteiger partial charge in [-0.3, -0.25) is 5.32 Å². The molecule has 1 aliphatic rings. The standard InChI is InChI=1S/C30H34F9N5O/c1-3-43(12-11-20-7-5-4-6-8-20)26-10-9-25(41-30(37,38)39)15-22(26)18-44(27-40-19(2)45-42-27)17-21-13-23(28(31,32)33)16-24(14-21)29(34,35)36/h9-10,13-16,20,41H,3-8,11-12,17-18H2,1-2H3. The average molecular weight is 652 g/mol. The minimum Gasteiger partial charge on any atom is -0.372 e. The van der Waals surface area contributed by atoms with E-state index in [1.54, 1.807) is 0 Å². The normalized spacial score (nSPS) is 14.9. The molecular formula is C30H34F9N5O. The summed E-state index contributed by atoms with van der Waals surface area (Å²) in [7, 11) is 0. The van der Waals surface area contributed by atoms with Gasteiger partial charge in [-0.05, 0) is 71.9 Å². The number of aryl methyl sites for hydroxylation is 1. The summed E-state index contributed by atoms with van der Waals surface area (Å²) in [4.78, 5) is 7.40. The van der Waals surface area contributed by atoms with Crippen LogP contribution in [0.4, 0.5) is 56.8 Å². The van der Waals surface area contributed by atoms with Crippen LogP contribution in [-0.2, 0) is 25.4 Å². The molecule has 1 heterocycles. The predicted octanol–water partition coefficient (Wildman–Crippen LogP) is 9.35. The van der Waals surface area contributed by atoms with Crippen LogP contribution in [0, 0.1) is 12.8 Å². The lowest BCUT2D eigenvalue weighted by atomic mass is 9.87. The predicted molar refractivity (Wildman–Crippen MR) is 151 cm³/mol. The second kappa shape index (κ2) is 13.8. The molecule has 248 valence electrons. The van der Waals surface area contributed by atoms with Crippen LogP contribution in [-0.4, -0.2) is 29.5 Å². The van der Waals surface area contributed by atoms with E-state index >= 15 is 0 Å². The maximum Gasteiger partial charge on any atom is 0.482 e. The quantitative estimate of drug-likeness (QED) is 0.165. The zero-order valence-electron chi connectivity index (χ0n) is 24.7. The van der Waals surface area contributed by atoms with Gasteiger partial charge in [-0.15, -0.1) is 0 Å². The van der Waals surface area contributed by atoms with E-state index in [9.17, 15) is 39.5 Å². The van der Waals surface area contributed by atoms with E-state index in [1.807, 2.05) is 11.8 Å². The van der Waals surface area contributed by atoms with Gasteiger partial charge >= 0.3 is 18.7 Å². The van der Waals surface area contributed by atoms with Crippen LogP contribution in [0.15, 0.2) is 40.9 Å². The topological polar surface area (TPSA) is 57.4 Å². The van der Waals surface area contributed by atoms with Gasteiger partial charge < -0.3 is 14.3 Å². The Balaban J connectivity index is 1.74. The molecule has 3 aromatic rings. The SMILES string of the molecule is CCN(CCC1CCCCC1)c1ccc(NC(F)(F)F)cc1CN(Cc1cc(C(F)(F)F)cc(C(F)(F)F)c1)c1noc(C)n1. The minimum atomic E-state index is -5.06. The van der Waals surface area contributed by atoms with E-state index in [2.05, 4.69) is 10.1 Å². The Morgan fingerprint density at radius 3 is 2.02 bits per heavy atom. The van der Waals surface area contributed by atoms with Crippen molar-refractivity contribution in [3.8, 4) is 0 Å². The number of benzene rings is 2. The van der Waals surface area contributed by atoms with Crippen LogP contribution in [0.2, 0.25) is 0 Å². The summed E-state index contributed by atoms with van der Waals surface area (Å²) >= 11 is 0. The molecule has 1 saturated carbocycles. The molecule has 1 aromatic heterocycles. The van der Waals surface area contributed by atoms with Gasteiger partial charge in [0.15, 0.2) is 0 Å². The minimum absolute atomic E-state index is 0.0299. The molecule has 6 nitrogen and oxygen atoms in total. The number of halogens is 9. The van der Waals surface area contributed by atoms with Gasteiger partial charge in [-0.25, -0.2) is 0 Å². The monoisotopic (exact) mass is 651 g/mol.